The lowest BCUT2D eigenvalue weighted by molar-refractivity contribution is -0.141. The maximum absolute atomic E-state index is 13.0. The van der Waals surface area contributed by atoms with Crippen LogP contribution >= 0.6 is 11.6 Å². The summed E-state index contributed by atoms with van der Waals surface area (Å²) in [6.07, 6.45) is -3.36. The third-order valence-corrected chi connectivity index (χ3v) is 5.10. The zero-order chi connectivity index (χ0) is 23.5. The first-order valence-corrected chi connectivity index (χ1v) is 9.83. The molecule has 1 N–H and O–H groups in total. The fraction of sp³-hybridized carbons (Fsp3) is 0.227. The molecule has 0 saturated heterocycles. The van der Waals surface area contributed by atoms with E-state index in [4.69, 9.17) is 16.3 Å². The summed E-state index contributed by atoms with van der Waals surface area (Å²) in [6, 6.07) is 10.5. The number of carbonyl (C=O) groups is 2. The predicted molar refractivity (Wildman–Crippen MR) is 112 cm³/mol. The number of esters is 1. The van der Waals surface area contributed by atoms with Crippen molar-refractivity contribution in [1.82, 2.24) is 15.1 Å². The summed E-state index contributed by atoms with van der Waals surface area (Å²) in [6.45, 7) is 1.57. The van der Waals surface area contributed by atoms with Crippen LogP contribution in [0.3, 0.4) is 0 Å². The van der Waals surface area contributed by atoms with Crippen molar-refractivity contribution in [2.45, 2.75) is 25.6 Å². The maximum atomic E-state index is 13.0. The van der Waals surface area contributed by atoms with Crippen LogP contribution < -0.4 is 5.32 Å². The number of nitrogens with one attached hydrogen (secondary N) is 1. The molecule has 2 aromatic carbocycles. The summed E-state index contributed by atoms with van der Waals surface area (Å²) in [5.74, 6) is -1.06. The van der Waals surface area contributed by atoms with E-state index in [9.17, 15) is 22.8 Å². The van der Waals surface area contributed by atoms with Gasteiger partial charge >= 0.3 is 12.1 Å². The molecule has 3 aromatic rings. The molecule has 0 aliphatic carbocycles. The molecule has 0 fully saturated rings. The fourth-order valence-corrected chi connectivity index (χ4v) is 3.27. The van der Waals surface area contributed by atoms with Gasteiger partial charge in [-0.15, -0.1) is 0 Å². The van der Waals surface area contributed by atoms with Crippen LogP contribution in [-0.2, 0) is 15.7 Å². The minimum absolute atomic E-state index is 0.120. The summed E-state index contributed by atoms with van der Waals surface area (Å²) in [5, 5.41) is 7.33. The SMILES string of the molecule is COC(=O)CC(NC(=O)c1cnn(-c2cccc(C(F)(F)F)c2)c1C)c1ccc(Cl)cc1. The summed E-state index contributed by atoms with van der Waals surface area (Å²) in [4.78, 5) is 24.8. The van der Waals surface area contributed by atoms with Crippen molar-refractivity contribution in [2.75, 3.05) is 7.11 Å². The smallest absolute Gasteiger partial charge is 0.416 e. The average Bonchev–Trinajstić information content (AvgIpc) is 3.14. The summed E-state index contributed by atoms with van der Waals surface area (Å²) in [5.41, 5.74) is 0.481. The second-order valence-electron chi connectivity index (χ2n) is 6.96. The van der Waals surface area contributed by atoms with Gasteiger partial charge in [0, 0.05) is 5.02 Å². The molecule has 0 aliphatic heterocycles. The molecule has 168 valence electrons. The van der Waals surface area contributed by atoms with Gasteiger partial charge in [-0.05, 0) is 42.8 Å². The van der Waals surface area contributed by atoms with E-state index < -0.39 is 29.7 Å². The monoisotopic (exact) mass is 465 g/mol. The average molecular weight is 466 g/mol. The van der Waals surface area contributed by atoms with Gasteiger partial charge in [-0.1, -0.05) is 29.8 Å². The van der Waals surface area contributed by atoms with Crippen LogP contribution in [0.5, 0.6) is 0 Å². The molecule has 32 heavy (non-hydrogen) atoms. The number of benzene rings is 2. The molecule has 1 heterocycles. The van der Waals surface area contributed by atoms with Gasteiger partial charge < -0.3 is 10.1 Å². The van der Waals surface area contributed by atoms with Gasteiger partial charge in [0.05, 0.1) is 48.3 Å². The van der Waals surface area contributed by atoms with Crippen LogP contribution in [0, 0.1) is 6.92 Å². The number of halogens is 4. The minimum atomic E-state index is -4.50. The lowest BCUT2D eigenvalue weighted by Crippen LogP contribution is -2.30. The Balaban J connectivity index is 1.88. The molecule has 0 spiro atoms. The Morgan fingerprint density at radius 3 is 2.50 bits per heavy atom. The number of aromatic nitrogens is 2. The van der Waals surface area contributed by atoms with Crippen LogP contribution in [0.1, 0.15) is 39.6 Å². The van der Waals surface area contributed by atoms with Gasteiger partial charge in [-0.25, -0.2) is 4.68 Å². The second kappa shape index (κ2) is 9.44. The molecule has 3 rings (SSSR count). The van der Waals surface area contributed by atoms with E-state index in [0.717, 1.165) is 12.1 Å². The highest BCUT2D eigenvalue weighted by Gasteiger charge is 2.31. The number of ether oxygens (including phenoxy) is 1. The van der Waals surface area contributed by atoms with Gasteiger partial charge in [0.25, 0.3) is 5.91 Å². The van der Waals surface area contributed by atoms with Gasteiger partial charge in [0.1, 0.15) is 0 Å². The molecule has 1 atom stereocenters. The maximum Gasteiger partial charge on any atom is 0.416 e. The molecule has 0 aliphatic rings. The first-order valence-electron chi connectivity index (χ1n) is 9.45. The zero-order valence-corrected chi connectivity index (χ0v) is 17.9. The molecule has 10 heteroatoms. The molecule has 0 saturated carbocycles. The molecule has 1 unspecified atom stereocenters. The Kier molecular flexibility index (Phi) is 6.88. The highest BCUT2D eigenvalue weighted by molar-refractivity contribution is 6.30. The van der Waals surface area contributed by atoms with Crippen molar-refractivity contribution >= 4 is 23.5 Å². The third-order valence-electron chi connectivity index (χ3n) is 4.85. The Morgan fingerprint density at radius 2 is 1.88 bits per heavy atom. The van der Waals surface area contributed by atoms with Gasteiger partial charge in [0.15, 0.2) is 0 Å². The topological polar surface area (TPSA) is 73.2 Å². The van der Waals surface area contributed by atoms with Crippen molar-refractivity contribution in [3.8, 4) is 5.69 Å². The number of carbonyl (C=O) groups excluding carboxylic acids is 2. The normalized spacial score (nSPS) is 12.3. The number of hydrogen-bond donors (Lipinski definition) is 1. The predicted octanol–water partition coefficient (Wildman–Crippen LogP) is 4.89. The van der Waals surface area contributed by atoms with E-state index in [1.165, 1.54) is 30.1 Å². The molecule has 1 amide bonds. The molecule has 0 radical (unpaired) electrons. The van der Waals surface area contributed by atoms with Crippen LogP contribution in [0.25, 0.3) is 5.69 Å². The van der Waals surface area contributed by atoms with E-state index in [0.29, 0.717) is 16.3 Å². The van der Waals surface area contributed by atoms with Crippen molar-refractivity contribution in [3.63, 3.8) is 0 Å². The fourth-order valence-electron chi connectivity index (χ4n) is 3.14. The quantitative estimate of drug-likeness (QED) is 0.526. The van der Waals surface area contributed by atoms with Crippen LogP contribution in [0.2, 0.25) is 5.02 Å². The lowest BCUT2D eigenvalue weighted by atomic mass is 10.0. The lowest BCUT2D eigenvalue weighted by Gasteiger charge is -2.18. The minimum Gasteiger partial charge on any atom is -0.469 e. The van der Waals surface area contributed by atoms with E-state index in [-0.39, 0.29) is 17.7 Å². The van der Waals surface area contributed by atoms with E-state index in [1.54, 1.807) is 31.2 Å². The molecular formula is C22H19ClF3N3O3. The summed E-state index contributed by atoms with van der Waals surface area (Å²) >= 11 is 5.91. The van der Waals surface area contributed by atoms with Crippen LogP contribution in [-0.4, -0.2) is 28.8 Å². The van der Waals surface area contributed by atoms with Crippen molar-refractivity contribution in [1.29, 1.82) is 0 Å². The van der Waals surface area contributed by atoms with Gasteiger partial charge in [0.2, 0.25) is 0 Å². The van der Waals surface area contributed by atoms with E-state index in [1.807, 2.05) is 0 Å². The summed E-state index contributed by atoms with van der Waals surface area (Å²) in [7, 11) is 1.24. The van der Waals surface area contributed by atoms with Crippen molar-refractivity contribution in [3.05, 3.63) is 82.1 Å². The van der Waals surface area contributed by atoms with Gasteiger partial charge in [-0.2, -0.15) is 18.3 Å². The standard InChI is InChI=1S/C22H19ClF3N3O3/c1-13-18(12-27-29(13)17-5-3-4-15(10-17)22(24,25)26)21(31)28-19(11-20(30)32-2)14-6-8-16(23)9-7-14/h3-10,12,19H,11H2,1-2H3,(H,28,31). The van der Waals surface area contributed by atoms with Crippen molar-refractivity contribution in [2.24, 2.45) is 0 Å². The first-order chi connectivity index (χ1) is 15.1. The van der Waals surface area contributed by atoms with E-state index >= 15 is 0 Å². The van der Waals surface area contributed by atoms with Gasteiger partial charge in [-0.3, -0.25) is 9.59 Å². The highest BCUT2D eigenvalue weighted by atomic mass is 35.5. The van der Waals surface area contributed by atoms with E-state index in [2.05, 4.69) is 10.4 Å². The van der Waals surface area contributed by atoms with Crippen LogP contribution in [0.15, 0.2) is 54.7 Å². The van der Waals surface area contributed by atoms with Crippen molar-refractivity contribution < 1.29 is 27.5 Å². The largest absolute Gasteiger partial charge is 0.469 e. The molecular weight excluding hydrogens is 447 g/mol. The number of nitrogens with zero attached hydrogens (tertiary/aromatic N) is 2. The Morgan fingerprint density at radius 1 is 1.19 bits per heavy atom. The Bertz CT molecular complexity index is 1130. The number of hydrogen-bond acceptors (Lipinski definition) is 4. The second-order valence-corrected chi connectivity index (χ2v) is 7.40. The number of rotatable bonds is 6. The Labute approximate surface area is 186 Å². The first kappa shape index (κ1) is 23.3. The summed E-state index contributed by atoms with van der Waals surface area (Å²) < 4.78 is 45.1. The number of amides is 1. The highest BCUT2D eigenvalue weighted by Crippen LogP contribution is 2.30. The molecule has 6 nitrogen and oxygen atoms in total. The molecule has 1 aromatic heterocycles. The molecule has 0 bridgehead atoms. The number of methoxy groups -OCH3 is 1. The number of alkyl halides is 3. The third kappa shape index (κ3) is 5.28. The van der Waals surface area contributed by atoms with Crippen LogP contribution in [0.4, 0.5) is 13.2 Å². The zero-order valence-electron chi connectivity index (χ0n) is 17.1. The Hall–Kier alpha value is -3.33.